The van der Waals surface area contributed by atoms with Crippen LogP contribution in [0.25, 0.3) is 0 Å². The molecule has 4 rings (SSSR count). The fourth-order valence-corrected chi connectivity index (χ4v) is 4.34. The second-order valence-corrected chi connectivity index (χ2v) is 8.62. The van der Waals surface area contributed by atoms with Crippen LogP contribution in [0, 0.1) is 5.41 Å². The van der Waals surface area contributed by atoms with Crippen molar-refractivity contribution in [3.63, 3.8) is 0 Å². The number of nitrogens with zero attached hydrogens (tertiary/aromatic N) is 3. The third-order valence-corrected chi connectivity index (χ3v) is 6.12. The molecule has 2 fully saturated rings. The van der Waals surface area contributed by atoms with Gasteiger partial charge in [0.1, 0.15) is 17.4 Å². The number of halogens is 3. The Kier molecular flexibility index (Phi) is 7.84. The summed E-state index contributed by atoms with van der Waals surface area (Å²) in [5, 5.41) is 10.4. The zero-order chi connectivity index (χ0) is 22.3. The molecule has 1 spiro atoms. The van der Waals surface area contributed by atoms with Crippen molar-refractivity contribution >= 4 is 17.3 Å². The van der Waals surface area contributed by atoms with Crippen molar-refractivity contribution in [2.24, 2.45) is 5.41 Å². The van der Waals surface area contributed by atoms with E-state index < -0.39 is 12.1 Å². The Balaban J connectivity index is 0.000000339. The number of ether oxygens (including phenoxy) is 2. The van der Waals surface area contributed by atoms with Crippen molar-refractivity contribution in [1.82, 2.24) is 14.9 Å². The van der Waals surface area contributed by atoms with E-state index in [-0.39, 0.29) is 6.10 Å². The standard InChI is InChI=1S/C18H23N3O2S.C2HF3O2/c1-2-15(11-19-5-1)22-13-16-10-18(14-23-16)3-7-21(8-4-18)12-17-20-6-9-24-17;3-2(4,5)1(6)7/h1-2,5-6,9,11,16H,3-4,7-8,10,12-14H2;(H,6,7). The van der Waals surface area contributed by atoms with Crippen molar-refractivity contribution in [2.75, 3.05) is 26.3 Å². The van der Waals surface area contributed by atoms with Gasteiger partial charge < -0.3 is 14.6 Å². The predicted molar refractivity (Wildman–Crippen MR) is 107 cm³/mol. The Bertz CT molecular complexity index is 813. The maximum Gasteiger partial charge on any atom is 0.490 e. The summed E-state index contributed by atoms with van der Waals surface area (Å²) in [4.78, 5) is 19.9. The number of rotatable bonds is 5. The average Bonchev–Trinajstić information content (AvgIpc) is 3.39. The molecule has 2 saturated heterocycles. The number of carboxylic acids is 1. The lowest BCUT2D eigenvalue weighted by atomic mass is 9.77. The van der Waals surface area contributed by atoms with E-state index in [2.05, 4.69) is 20.2 Å². The number of pyridine rings is 1. The highest BCUT2D eigenvalue weighted by Crippen LogP contribution is 2.42. The molecule has 2 aromatic heterocycles. The fourth-order valence-electron chi connectivity index (χ4n) is 3.68. The smallest absolute Gasteiger partial charge is 0.489 e. The van der Waals surface area contributed by atoms with Crippen molar-refractivity contribution < 1.29 is 32.5 Å². The van der Waals surface area contributed by atoms with Gasteiger partial charge in [-0.05, 0) is 49.9 Å². The molecule has 0 radical (unpaired) electrons. The van der Waals surface area contributed by atoms with Gasteiger partial charge in [-0.2, -0.15) is 13.2 Å². The summed E-state index contributed by atoms with van der Waals surface area (Å²) < 4.78 is 43.6. The van der Waals surface area contributed by atoms with Gasteiger partial charge in [-0.1, -0.05) is 0 Å². The van der Waals surface area contributed by atoms with Crippen molar-refractivity contribution in [3.8, 4) is 5.75 Å². The van der Waals surface area contributed by atoms with Crippen LogP contribution in [-0.4, -0.2) is 64.5 Å². The van der Waals surface area contributed by atoms with Crippen LogP contribution >= 0.6 is 11.3 Å². The van der Waals surface area contributed by atoms with Gasteiger partial charge in [0.2, 0.25) is 0 Å². The van der Waals surface area contributed by atoms with E-state index >= 15 is 0 Å². The molecular formula is C20H24F3N3O4S. The van der Waals surface area contributed by atoms with Gasteiger partial charge in [0.05, 0.1) is 25.5 Å². The number of hydrogen-bond donors (Lipinski definition) is 1. The molecule has 1 unspecified atom stereocenters. The largest absolute Gasteiger partial charge is 0.490 e. The number of aromatic nitrogens is 2. The Morgan fingerprint density at radius 3 is 2.68 bits per heavy atom. The zero-order valence-electron chi connectivity index (χ0n) is 16.8. The zero-order valence-corrected chi connectivity index (χ0v) is 17.6. The van der Waals surface area contributed by atoms with Crippen LogP contribution in [-0.2, 0) is 16.1 Å². The van der Waals surface area contributed by atoms with Crippen LogP contribution in [0.2, 0.25) is 0 Å². The highest BCUT2D eigenvalue weighted by Gasteiger charge is 2.42. The normalized spacial score (nSPS) is 20.8. The van der Waals surface area contributed by atoms with Gasteiger partial charge in [0, 0.05) is 17.8 Å². The highest BCUT2D eigenvalue weighted by atomic mass is 32.1. The third-order valence-electron chi connectivity index (χ3n) is 5.36. The Morgan fingerprint density at radius 2 is 2.10 bits per heavy atom. The van der Waals surface area contributed by atoms with Gasteiger partial charge in [0.15, 0.2) is 0 Å². The van der Waals surface area contributed by atoms with Crippen LogP contribution in [0.5, 0.6) is 5.75 Å². The second kappa shape index (κ2) is 10.4. The first kappa shape index (κ1) is 23.4. The SMILES string of the molecule is O=C(O)C(F)(F)F.c1cncc(OCC2CC3(CCN(Cc4nccs4)CC3)CO2)c1. The number of thiazole rings is 1. The Hall–Kier alpha value is -2.24. The van der Waals surface area contributed by atoms with E-state index in [1.54, 1.807) is 23.7 Å². The van der Waals surface area contributed by atoms with Crippen LogP contribution in [0.15, 0.2) is 36.1 Å². The lowest BCUT2D eigenvalue weighted by Crippen LogP contribution is -2.40. The molecule has 11 heteroatoms. The van der Waals surface area contributed by atoms with Gasteiger partial charge in [0.25, 0.3) is 0 Å². The number of carboxylic acid groups (broad SMARTS) is 1. The average molecular weight is 459 g/mol. The first-order valence-corrected chi connectivity index (χ1v) is 10.7. The minimum absolute atomic E-state index is 0.204. The van der Waals surface area contributed by atoms with Gasteiger partial charge in [-0.25, -0.2) is 9.78 Å². The molecule has 1 N–H and O–H groups in total. The molecule has 4 heterocycles. The lowest BCUT2D eigenvalue weighted by molar-refractivity contribution is -0.192. The van der Waals surface area contributed by atoms with Crippen LogP contribution in [0.4, 0.5) is 13.2 Å². The van der Waals surface area contributed by atoms with Crippen molar-refractivity contribution in [1.29, 1.82) is 0 Å². The van der Waals surface area contributed by atoms with E-state index in [0.29, 0.717) is 12.0 Å². The van der Waals surface area contributed by atoms with E-state index in [1.807, 2.05) is 18.3 Å². The summed E-state index contributed by atoms with van der Waals surface area (Å²) in [7, 11) is 0. The van der Waals surface area contributed by atoms with Gasteiger partial charge in [-0.15, -0.1) is 11.3 Å². The molecule has 7 nitrogen and oxygen atoms in total. The number of alkyl halides is 3. The van der Waals surface area contributed by atoms with E-state index in [4.69, 9.17) is 19.4 Å². The molecule has 0 aliphatic carbocycles. The highest BCUT2D eigenvalue weighted by molar-refractivity contribution is 7.09. The molecular weight excluding hydrogens is 435 g/mol. The minimum Gasteiger partial charge on any atom is -0.489 e. The molecule has 31 heavy (non-hydrogen) atoms. The maximum absolute atomic E-state index is 10.6. The summed E-state index contributed by atoms with van der Waals surface area (Å²) in [6, 6.07) is 3.83. The van der Waals surface area contributed by atoms with Crippen molar-refractivity contribution in [3.05, 3.63) is 41.1 Å². The third kappa shape index (κ3) is 7.15. The molecule has 2 aliphatic rings. The molecule has 2 aromatic rings. The molecule has 0 amide bonds. The number of hydrogen-bond acceptors (Lipinski definition) is 7. The second-order valence-electron chi connectivity index (χ2n) is 7.64. The maximum atomic E-state index is 10.6. The molecule has 0 saturated carbocycles. The predicted octanol–water partition coefficient (Wildman–Crippen LogP) is 3.62. The summed E-state index contributed by atoms with van der Waals surface area (Å²) in [5.41, 5.74) is 0.350. The lowest BCUT2D eigenvalue weighted by Gasteiger charge is -2.38. The summed E-state index contributed by atoms with van der Waals surface area (Å²) in [6.07, 6.45) is 4.05. The first-order valence-electron chi connectivity index (χ1n) is 9.81. The number of aliphatic carboxylic acids is 1. The fraction of sp³-hybridized carbons (Fsp3) is 0.550. The Morgan fingerprint density at radius 1 is 1.35 bits per heavy atom. The molecule has 1 atom stereocenters. The van der Waals surface area contributed by atoms with Crippen LogP contribution in [0.3, 0.4) is 0 Å². The Labute approximate surface area is 181 Å². The van der Waals surface area contributed by atoms with Gasteiger partial charge >= 0.3 is 12.1 Å². The first-order chi connectivity index (χ1) is 14.8. The number of likely N-dealkylation sites (tertiary alicyclic amines) is 1. The number of piperidine rings is 1. The van der Waals surface area contributed by atoms with E-state index in [9.17, 15) is 13.2 Å². The molecule has 0 bridgehead atoms. The summed E-state index contributed by atoms with van der Waals surface area (Å²) >= 11 is 1.75. The summed E-state index contributed by atoms with van der Waals surface area (Å²) in [6.45, 7) is 4.76. The summed E-state index contributed by atoms with van der Waals surface area (Å²) in [5.74, 6) is -1.94. The van der Waals surface area contributed by atoms with Crippen LogP contribution in [0.1, 0.15) is 24.3 Å². The minimum atomic E-state index is -5.08. The quantitative estimate of drug-likeness (QED) is 0.731. The number of carbonyl (C=O) groups is 1. The topological polar surface area (TPSA) is 84.8 Å². The van der Waals surface area contributed by atoms with Crippen LogP contribution < -0.4 is 4.74 Å². The molecule has 170 valence electrons. The molecule has 2 aliphatic heterocycles. The monoisotopic (exact) mass is 459 g/mol. The van der Waals surface area contributed by atoms with Crippen molar-refractivity contribution in [2.45, 2.75) is 38.1 Å². The van der Waals surface area contributed by atoms with Gasteiger partial charge in [-0.3, -0.25) is 9.88 Å². The molecule has 0 aromatic carbocycles. The van der Waals surface area contributed by atoms with E-state index in [1.165, 1.54) is 17.8 Å². The van der Waals surface area contributed by atoms with E-state index in [0.717, 1.165) is 38.4 Å².